The molecule has 0 saturated heterocycles. The Hall–Kier alpha value is -0.530. The zero-order valence-electron chi connectivity index (χ0n) is 6.02. The van der Waals surface area contributed by atoms with Gasteiger partial charge < -0.3 is 4.74 Å². The third-order valence-electron chi connectivity index (χ3n) is 0.819. The zero-order valence-corrected chi connectivity index (χ0v) is 6.02. The van der Waals surface area contributed by atoms with Gasteiger partial charge in [-0.05, 0) is 12.8 Å². The van der Waals surface area contributed by atoms with E-state index in [1.807, 2.05) is 13.8 Å². The van der Waals surface area contributed by atoms with Crippen LogP contribution < -0.4 is 0 Å². The van der Waals surface area contributed by atoms with Crippen molar-refractivity contribution in [3.63, 3.8) is 0 Å². The summed E-state index contributed by atoms with van der Waals surface area (Å²) in [6.07, 6.45) is 3.18. The maximum Gasteiger partial charge on any atom is 0.309 e. The van der Waals surface area contributed by atoms with Crippen LogP contribution in [0, 0.1) is 6.42 Å². The minimum atomic E-state index is -0.195. The fraction of sp³-hybridized carbons (Fsp3) is 0.714. The summed E-state index contributed by atoms with van der Waals surface area (Å²) in [6, 6.07) is 0. The highest BCUT2D eigenvalue weighted by molar-refractivity contribution is 5.78. The Morgan fingerprint density at radius 2 is 2.22 bits per heavy atom. The summed E-state index contributed by atoms with van der Waals surface area (Å²) in [5.41, 5.74) is 0. The molecule has 0 N–H and O–H groups in total. The maximum atomic E-state index is 10.5. The molecule has 0 saturated carbocycles. The van der Waals surface area contributed by atoms with Crippen molar-refractivity contribution >= 4 is 5.97 Å². The van der Waals surface area contributed by atoms with Crippen molar-refractivity contribution in [2.24, 2.45) is 0 Å². The first-order chi connectivity index (χ1) is 4.31. The molecule has 0 bridgehead atoms. The van der Waals surface area contributed by atoms with Crippen LogP contribution in [0.5, 0.6) is 0 Å². The van der Waals surface area contributed by atoms with Gasteiger partial charge in [-0.2, -0.15) is 0 Å². The Labute approximate surface area is 56.2 Å². The normalized spacial score (nSPS) is 9.11. The van der Waals surface area contributed by atoms with Gasteiger partial charge in [0.1, 0.15) is 0 Å². The number of rotatable bonds is 4. The van der Waals surface area contributed by atoms with Gasteiger partial charge in [0.15, 0.2) is 0 Å². The van der Waals surface area contributed by atoms with E-state index in [4.69, 9.17) is 4.74 Å². The van der Waals surface area contributed by atoms with Crippen molar-refractivity contribution in [3.8, 4) is 0 Å². The van der Waals surface area contributed by atoms with Gasteiger partial charge in [0, 0.05) is 0 Å². The smallest absolute Gasteiger partial charge is 0.309 e. The van der Waals surface area contributed by atoms with Gasteiger partial charge in [0.25, 0.3) is 0 Å². The van der Waals surface area contributed by atoms with Crippen molar-refractivity contribution < 1.29 is 9.53 Å². The summed E-state index contributed by atoms with van der Waals surface area (Å²) in [5, 5.41) is 0. The molecule has 1 radical (unpaired) electrons. The van der Waals surface area contributed by atoms with Gasteiger partial charge >= 0.3 is 5.97 Å². The van der Waals surface area contributed by atoms with Gasteiger partial charge in [0.2, 0.25) is 0 Å². The molecule has 0 aromatic carbocycles. The molecule has 0 aliphatic carbocycles. The Morgan fingerprint density at radius 3 is 2.67 bits per heavy atom. The number of carbonyl (C=O) groups excluding carboxylic acids is 1. The average Bonchev–Trinajstić information content (AvgIpc) is 1.85. The Kier molecular flexibility index (Phi) is 5.27. The fourth-order valence-electron chi connectivity index (χ4n) is 0.428. The monoisotopic (exact) mass is 129 g/mol. The third kappa shape index (κ3) is 5.34. The van der Waals surface area contributed by atoms with E-state index in [0.29, 0.717) is 6.61 Å². The van der Waals surface area contributed by atoms with Gasteiger partial charge in [-0.25, -0.2) is 0 Å². The molecule has 0 atom stereocenters. The van der Waals surface area contributed by atoms with E-state index in [2.05, 4.69) is 0 Å². The first-order valence-corrected chi connectivity index (χ1v) is 3.31. The predicted molar refractivity (Wildman–Crippen MR) is 35.8 cm³/mol. The lowest BCUT2D eigenvalue weighted by Crippen LogP contribution is -2.04. The summed E-state index contributed by atoms with van der Waals surface area (Å²) in [7, 11) is 0. The summed E-state index contributed by atoms with van der Waals surface area (Å²) in [6.45, 7) is 4.42. The molecule has 53 valence electrons. The highest BCUT2D eigenvalue weighted by Gasteiger charge is 1.97. The number of ether oxygens (including phenoxy) is 1. The molecule has 0 aliphatic heterocycles. The minimum Gasteiger partial charge on any atom is -0.465 e. The van der Waals surface area contributed by atoms with Crippen LogP contribution >= 0.6 is 0 Å². The molecule has 9 heavy (non-hydrogen) atoms. The standard InChI is InChI=1S/C7H13O2/c1-3-5-7(8)9-6-4-2/h5H,3-4,6H2,1-2H3. The Bertz CT molecular complexity index is 79.0. The molecule has 0 spiro atoms. The van der Waals surface area contributed by atoms with E-state index in [1.54, 1.807) is 0 Å². The number of hydrogen-bond donors (Lipinski definition) is 0. The number of carbonyl (C=O) groups is 1. The number of hydrogen-bond acceptors (Lipinski definition) is 2. The summed E-state index contributed by atoms with van der Waals surface area (Å²) >= 11 is 0. The fourth-order valence-corrected chi connectivity index (χ4v) is 0.428. The van der Waals surface area contributed by atoms with E-state index < -0.39 is 0 Å². The summed E-state index contributed by atoms with van der Waals surface area (Å²) < 4.78 is 4.74. The molecule has 2 heteroatoms. The molecule has 0 aromatic heterocycles. The van der Waals surface area contributed by atoms with Gasteiger partial charge in [0.05, 0.1) is 13.0 Å². The van der Waals surface area contributed by atoms with E-state index >= 15 is 0 Å². The Balaban J connectivity index is 3.06. The van der Waals surface area contributed by atoms with Crippen LogP contribution in [0.25, 0.3) is 0 Å². The molecule has 0 amide bonds. The SMILES string of the molecule is CC[CH]C(=O)OCCC. The summed E-state index contributed by atoms with van der Waals surface area (Å²) in [5.74, 6) is -0.195. The molecule has 0 aliphatic rings. The zero-order chi connectivity index (χ0) is 7.11. The van der Waals surface area contributed by atoms with Crippen molar-refractivity contribution in [2.45, 2.75) is 26.7 Å². The van der Waals surface area contributed by atoms with Crippen LogP contribution in [0.3, 0.4) is 0 Å². The third-order valence-corrected chi connectivity index (χ3v) is 0.819. The van der Waals surface area contributed by atoms with Gasteiger partial charge in [-0.15, -0.1) is 0 Å². The molecule has 0 rings (SSSR count). The topological polar surface area (TPSA) is 26.3 Å². The van der Waals surface area contributed by atoms with E-state index in [-0.39, 0.29) is 5.97 Å². The predicted octanol–water partition coefficient (Wildman–Crippen LogP) is 1.55. The average molecular weight is 129 g/mol. The minimum absolute atomic E-state index is 0.195. The molecule has 0 aromatic rings. The van der Waals surface area contributed by atoms with Crippen LogP contribution in [0.15, 0.2) is 0 Å². The first kappa shape index (κ1) is 8.47. The first-order valence-electron chi connectivity index (χ1n) is 3.31. The van der Waals surface area contributed by atoms with Crippen molar-refractivity contribution in [3.05, 3.63) is 6.42 Å². The Morgan fingerprint density at radius 1 is 1.56 bits per heavy atom. The molecule has 2 nitrogen and oxygen atoms in total. The molecular formula is C7H13O2. The largest absolute Gasteiger partial charge is 0.465 e. The molecular weight excluding hydrogens is 116 g/mol. The second kappa shape index (κ2) is 5.60. The summed E-state index contributed by atoms with van der Waals surface area (Å²) in [4.78, 5) is 10.5. The lowest BCUT2D eigenvalue weighted by molar-refractivity contribution is -0.139. The van der Waals surface area contributed by atoms with Crippen LogP contribution in [-0.4, -0.2) is 12.6 Å². The lowest BCUT2D eigenvalue weighted by Gasteiger charge is -1.98. The second-order valence-corrected chi connectivity index (χ2v) is 1.78. The quantitative estimate of drug-likeness (QED) is 0.538. The highest BCUT2D eigenvalue weighted by atomic mass is 16.5. The van der Waals surface area contributed by atoms with Crippen molar-refractivity contribution in [1.82, 2.24) is 0 Å². The second-order valence-electron chi connectivity index (χ2n) is 1.78. The van der Waals surface area contributed by atoms with Crippen LogP contribution in [-0.2, 0) is 9.53 Å². The van der Waals surface area contributed by atoms with Crippen LogP contribution in [0.2, 0.25) is 0 Å². The number of esters is 1. The lowest BCUT2D eigenvalue weighted by atomic mass is 10.3. The van der Waals surface area contributed by atoms with E-state index in [1.165, 1.54) is 6.42 Å². The van der Waals surface area contributed by atoms with E-state index in [9.17, 15) is 4.79 Å². The molecule has 0 unspecified atom stereocenters. The maximum absolute atomic E-state index is 10.5. The van der Waals surface area contributed by atoms with E-state index in [0.717, 1.165) is 12.8 Å². The van der Waals surface area contributed by atoms with Crippen molar-refractivity contribution in [2.75, 3.05) is 6.61 Å². The van der Waals surface area contributed by atoms with Crippen molar-refractivity contribution in [1.29, 1.82) is 0 Å². The van der Waals surface area contributed by atoms with Gasteiger partial charge in [-0.3, -0.25) is 4.79 Å². The van der Waals surface area contributed by atoms with Crippen LogP contribution in [0.4, 0.5) is 0 Å². The van der Waals surface area contributed by atoms with Gasteiger partial charge in [-0.1, -0.05) is 13.8 Å². The highest BCUT2D eigenvalue weighted by Crippen LogP contribution is 1.89. The van der Waals surface area contributed by atoms with Crippen LogP contribution in [0.1, 0.15) is 26.7 Å². The molecule has 0 fully saturated rings. The molecule has 0 heterocycles.